The number of Topliss-reactive ketones (excluding diaryl/α,β-unsaturated/α-hetero) is 1. The molecule has 1 aliphatic rings. The molecule has 4 heteroatoms. The quantitative estimate of drug-likeness (QED) is 0.793. The average molecular weight is 286 g/mol. The summed E-state index contributed by atoms with van der Waals surface area (Å²) in [5, 5.41) is 0.615. The van der Waals surface area contributed by atoms with Crippen LogP contribution in [0.15, 0.2) is 42.5 Å². The number of aryl methyl sites for hydroxylation is 1. The summed E-state index contributed by atoms with van der Waals surface area (Å²) in [5.74, 6) is -0.920. The van der Waals surface area contributed by atoms with Crippen LogP contribution in [0.5, 0.6) is 0 Å². The molecule has 0 aromatic heterocycles. The lowest BCUT2D eigenvalue weighted by Gasteiger charge is -2.16. The summed E-state index contributed by atoms with van der Waals surface area (Å²) in [6.45, 7) is 2.25. The number of carbonyl (C=O) groups excluding carboxylic acids is 2. The highest BCUT2D eigenvalue weighted by Crippen LogP contribution is 2.31. The Morgan fingerprint density at radius 1 is 1.10 bits per heavy atom. The number of hydrogen-bond donors (Lipinski definition) is 0. The normalized spacial score (nSPS) is 13.8. The molecule has 0 unspecified atom stereocenters. The van der Waals surface area contributed by atoms with Crippen molar-refractivity contribution in [1.29, 1.82) is 0 Å². The molecule has 0 saturated carbocycles. The maximum Gasteiger partial charge on any atom is 0.299 e. The predicted octanol–water partition coefficient (Wildman–Crippen LogP) is 3.38. The smallest absolute Gasteiger partial charge is 0.299 e. The van der Waals surface area contributed by atoms with Crippen molar-refractivity contribution in [3.8, 4) is 0 Å². The van der Waals surface area contributed by atoms with Gasteiger partial charge in [0.15, 0.2) is 0 Å². The fourth-order valence-corrected chi connectivity index (χ4v) is 2.60. The molecular weight excluding hydrogens is 274 g/mol. The Morgan fingerprint density at radius 2 is 1.90 bits per heavy atom. The number of carbonyl (C=O) groups is 2. The number of benzene rings is 2. The highest BCUT2D eigenvalue weighted by atomic mass is 35.5. The molecule has 1 aliphatic heterocycles. The maximum absolute atomic E-state index is 12.1. The molecule has 0 saturated heterocycles. The van der Waals surface area contributed by atoms with E-state index in [1.165, 1.54) is 4.90 Å². The minimum Gasteiger partial charge on any atom is -0.300 e. The monoisotopic (exact) mass is 285 g/mol. The number of hydrogen-bond acceptors (Lipinski definition) is 2. The summed E-state index contributed by atoms with van der Waals surface area (Å²) in [6, 6.07) is 12.8. The van der Waals surface area contributed by atoms with Crippen molar-refractivity contribution >= 4 is 29.0 Å². The molecule has 3 rings (SSSR count). The molecule has 0 N–H and O–H groups in total. The minimum absolute atomic E-state index is 0.348. The van der Waals surface area contributed by atoms with E-state index in [2.05, 4.69) is 0 Å². The first kappa shape index (κ1) is 12.9. The zero-order valence-corrected chi connectivity index (χ0v) is 11.6. The van der Waals surface area contributed by atoms with E-state index in [4.69, 9.17) is 11.6 Å². The number of halogens is 1. The first-order chi connectivity index (χ1) is 9.56. The molecule has 0 spiro atoms. The van der Waals surface area contributed by atoms with Gasteiger partial charge in [-0.2, -0.15) is 0 Å². The SMILES string of the molecule is Cc1ccc2c(c1)C(=O)C(=O)N2Cc1cccc(Cl)c1. The van der Waals surface area contributed by atoms with Crippen LogP contribution in [-0.4, -0.2) is 11.7 Å². The van der Waals surface area contributed by atoms with Gasteiger partial charge in [-0.15, -0.1) is 0 Å². The summed E-state index contributed by atoms with van der Waals surface area (Å²) >= 11 is 5.95. The molecule has 1 amide bonds. The van der Waals surface area contributed by atoms with Gasteiger partial charge >= 0.3 is 0 Å². The van der Waals surface area contributed by atoms with Crippen LogP contribution in [0.1, 0.15) is 21.5 Å². The van der Waals surface area contributed by atoms with Crippen LogP contribution in [0.4, 0.5) is 5.69 Å². The zero-order valence-electron chi connectivity index (χ0n) is 10.9. The van der Waals surface area contributed by atoms with E-state index >= 15 is 0 Å². The molecule has 2 aromatic carbocycles. The molecule has 0 fully saturated rings. The largest absolute Gasteiger partial charge is 0.300 e. The van der Waals surface area contributed by atoms with E-state index < -0.39 is 11.7 Å². The number of nitrogens with zero attached hydrogens (tertiary/aromatic N) is 1. The summed E-state index contributed by atoms with van der Waals surface area (Å²) in [5.41, 5.74) is 3.02. The highest BCUT2D eigenvalue weighted by molar-refractivity contribution is 6.52. The highest BCUT2D eigenvalue weighted by Gasteiger charge is 2.35. The first-order valence-electron chi connectivity index (χ1n) is 6.27. The molecule has 1 heterocycles. The van der Waals surface area contributed by atoms with Gasteiger partial charge in [0.05, 0.1) is 17.8 Å². The molecule has 0 radical (unpaired) electrons. The van der Waals surface area contributed by atoms with Crippen LogP contribution in [-0.2, 0) is 11.3 Å². The van der Waals surface area contributed by atoms with Gasteiger partial charge < -0.3 is 4.90 Å². The van der Waals surface area contributed by atoms with Gasteiger partial charge in [-0.1, -0.05) is 35.4 Å². The fraction of sp³-hybridized carbons (Fsp3) is 0.125. The lowest BCUT2D eigenvalue weighted by molar-refractivity contribution is -0.114. The number of anilines is 1. The lowest BCUT2D eigenvalue weighted by Crippen LogP contribution is -2.29. The van der Waals surface area contributed by atoms with Crippen molar-refractivity contribution in [3.63, 3.8) is 0 Å². The van der Waals surface area contributed by atoms with Crippen LogP contribution in [0, 0.1) is 6.92 Å². The second-order valence-corrected chi connectivity index (χ2v) is 5.31. The van der Waals surface area contributed by atoms with Crippen molar-refractivity contribution < 1.29 is 9.59 Å². The Balaban J connectivity index is 1.99. The average Bonchev–Trinajstić information content (AvgIpc) is 2.64. The van der Waals surface area contributed by atoms with Crippen LogP contribution in [0.3, 0.4) is 0 Å². The van der Waals surface area contributed by atoms with Crippen LogP contribution >= 0.6 is 11.6 Å². The number of ketones is 1. The Kier molecular flexibility index (Phi) is 3.07. The Hall–Kier alpha value is -2.13. The molecule has 3 nitrogen and oxygen atoms in total. The second-order valence-electron chi connectivity index (χ2n) is 4.87. The van der Waals surface area contributed by atoms with Gasteiger partial charge in [0.25, 0.3) is 11.7 Å². The van der Waals surface area contributed by atoms with E-state index in [-0.39, 0.29) is 0 Å². The Labute approximate surface area is 121 Å². The third-order valence-electron chi connectivity index (χ3n) is 3.36. The molecule has 0 aliphatic carbocycles. The summed E-state index contributed by atoms with van der Waals surface area (Å²) in [7, 11) is 0. The van der Waals surface area contributed by atoms with Gasteiger partial charge in [-0.3, -0.25) is 9.59 Å². The van der Waals surface area contributed by atoms with E-state index in [0.29, 0.717) is 22.8 Å². The number of rotatable bonds is 2. The van der Waals surface area contributed by atoms with E-state index in [1.807, 2.05) is 31.2 Å². The van der Waals surface area contributed by atoms with Crippen LogP contribution in [0.2, 0.25) is 5.02 Å². The molecule has 0 bridgehead atoms. The zero-order chi connectivity index (χ0) is 14.3. The van der Waals surface area contributed by atoms with Crippen molar-refractivity contribution in [3.05, 3.63) is 64.2 Å². The van der Waals surface area contributed by atoms with Crippen molar-refractivity contribution in [1.82, 2.24) is 0 Å². The van der Waals surface area contributed by atoms with Crippen molar-refractivity contribution in [2.24, 2.45) is 0 Å². The summed E-state index contributed by atoms with van der Waals surface area (Å²) in [6.07, 6.45) is 0. The van der Waals surface area contributed by atoms with Crippen molar-refractivity contribution in [2.45, 2.75) is 13.5 Å². The van der Waals surface area contributed by atoms with Crippen molar-refractivity contribution in [2.75, 3.05) is 4.90 Å². The lowest BCUT2D eigenvalue weighted by atomic mass is 10.1. The Morgan fingerprint density at radius 3 is 2.65 bits per heavy atom. The van der Waals surface area contributed by atoms with E-state index in [9.17, 15) is 9.59 Å². The van der Waals surface area contributed by atoms with E-state index in [0.717, 1.165) is 11.1 Å². The number of amides is 1. The summed E-state index contributed by atoms with van der Waals surface area (Å²) < 4.78 is 0. The standard InChI is InChI=1S/C16H12ClNO2/c1-10-5-6-14-13(7-10)15(19)16(20)18(14)9-11-3-2-4-12(17)8-11/h2-8H,9H2,1H3. The topological polar surface area (TPSA) is 37.4 Å². The van der Waals surface area contributed by atoms with Gasteiger partial charge in [-0.05, 0) is 36.8 Å². The van der Waals surface area contributed by atoms with Gasteiger partial charge in [0, 0.05) is 5.02 Å². The predicted molar refractivity (Wildman–Crippen MR) is 78.2 cm³/mol. The van der Waals surface area contributed by atoms with Crippen LogP contribution < -0.4 is 4.90 Å². The fourth-order valence-electron chi connectivity index (χ4n) is 2.39. The molecule has 100 valence electrons. The van der Waals surface area contributed by atoms with E-state index in [1.54, 1.807) is 18.2 Å². The van der Waals surface area contributed by atoms with Crippen LogP contribution in [0.25, 0.3) is 0 Å². The summed E-state index contributed by atoms with van der Waals surface area (Å²) in [4.78, 5) is 25.6. The first-order valence-corrected chi connectivity index (χ1v) is 6.65. The number of fused-ring (bicyclic) bond motifs is 1. The maximum atomic E-state index is 12.1. The molecular formula is C16H12ClNO2. The third kappa shape index (κ3) is 2.10. The third-order valence-corrected chi connectivity index (χ3v) is 3.59. The van der Waals surface area contributed by atoms with Gasteiger partial charge in [0.1, 0.15) is 0 Å². The van der Waals surface area contributed by atoms with Gasteiger partial charge in [0.2, 0.25) is 0 Å². The molecule has 0 atom stereocenters. The molecule has 2 aromatic rings. The Bertz CT molecular complexity index is 724. The van der Waals surface area contributed by atoms with Gasteiger partial charge in [-0.25, -0.2) is 0 Å². The second kappa shape index (κ2) is 4.76. The molecule has 20 heavy (non-hydrogen) atoms. The minimum atomic E-state index is -0.481.